The van der Waals surface area contributed by atoms with Crippen LogP contribution in [0.2, 0.25) is 0 Å². The van der Waals surface area contributed by atoms with Gasteiger partial charge in [-0.25, -0.2) is 9.78 Å². The topological polar surface area (TPSA) is 62.2 Å². The largest absolute Gasteiger partial charge is 0.478 e. The molecule has 0 aliphatic heterocycles. The van der Waals surface area contributed by atoms with E-state index in [1.807, 2.05) is 0 Å². The van der Waals surface area contributed by atoms with Crippen molar-refractivity contribution in [3.63, 3.8) is 0 Å². The molecule has 7 heteroatoms. The van der Waals surface area contributed by atoms with Crippen LogP contribution >= 0.6 is 0 Å². The van der Waals surface area contributed by atoms with E-state index in [1.54, 1.807) is 0 Å². The number of aryl methyl sites for hydroxylation is 2. The summed E-state index contributed by atoms with van der Waals surface area (Å²) in [5.74, 6) is -1.15. The summed E-state index contributed by atoms with van der Waals surface area (Å²) in [6.07, 6.45) is -1.84. The van der Waals surface area contributed by atoms with E-state index in [0.29, 0.717) is 0 Å². The highest BCUT2D eigenvalue weighted by molar-refractivity contribution is 5.93. The summed E-state index contributed by atoms with van der Waals surface area (Å²) in [6, 6.07) is 1.53. The Morgan fingerprint density at radius 1 is 1.35 bits per heavy atom. The van der Waals surface area contributed by atoms with Crippen LogP contribution in [0.15, 0.2) is 6.07 Å². The first kappa shape index (κ1) is 14.6. The Kier molecular flexibility index (Phi) is 4.15. The quantitative estimate of drug-likeness (QED) is 0.894. The van der Waals surface area contributed by atoms with Crippen molar-refractivity contribution in [2.75, 3.05) is 11.9 Å². The van der Waals surface area contributed by atoms with Crippen LogP contribution in [-0.2, 0) is 12.8 Å². The number of pyridine rings is 1. The fraction of sp³-hybridized carbons (Fsp3) is 0.538. The maximum Gasteiger partial charge on any atom is 0.390 e. The third-order valence-electron chi connectivity index (χ3n) is 3.23. The van der Waals surface area contributed by atoms with Gasteiger partial charge in [-0.3, -0.25) is 0 Å². The fourth-order valence-electron chi connectivity index (χ4n) is 2.25. The molecule has 0 amide bonds. The molecule has 20 heavy (non-hydrogen) atoms. The minimum atomic E-state index is -4.27. The molecular formula is C13H15F3N2O2. The molecule has 1 aromatic rings. The summed E-state index contributed by atoms with van der Waals surface area (Å²) < 4.78 is 36.3. The van der Waals surface area contributed by atoms with E-state index in [1.165, 1.54) is 6.07 Å². The third kappa shape index (κ3) is 3.61. The molecule has 1 aliphatic rings. The van der Waals surface area contributed by atoms with Crippen LogP contribution < -0.4 is 5.32 Å². The lowest BCUT2D eigenvalue weighted by molar-refractivity contribution is -0.131. The lowest BCUT2D eigenvalue weighted by Gasteiger charge is -2.18. The molecule has 0 radical (unpaired) electrons. The van der Waals surface area contributed by atoms with Crippen molar-refractivity contribution in [3.05, 3.63) is 22.9 Å². The van der Waals surface area contributed by atoms with Crippen LogP contribution in [0.1, 0.15) is 40.9 Å². The molecule has 0 atom stereocenters. The number of nitrogens with zero attached hydrogens (tertiary/aromatic N) is 1. The highest BCUT2D eigenvalue weighted by Gasteiger charge is 2.27. The molecule has 0 fully saturated rings. The lowest BCUT2D eigenvalue weighted by atomic mass is 9.94. The van der Waals surface area contributed by atoms with E-state index in [0.717, 1.165) is 36.9 Å². The monoisotopic (exact) mass is 288 g/mol. The van der Waals surface area contributed by atoms with Crippen molar-refractivity contribution in [2.45, 2.75) is 38.3 Å². The predicted molar refractivity (Wildman–Crippen MR) is 67.0 cm³/mol. The molecule has 1 heterocycles. The van der Waals surface area contributed by atoms with E-state index >= 15 is 0 Å². The molecule has 1 aromatic heterocycles. The van der Waals surface area contributed by atoms with Crippen LogP contribution in [0.5, 0.6) is 0 Å². The number of aromatic nitrogens is 1. The van der Waals surface area contributed by atoms with Crippen molar-refractivity contribution >= 4 is 11.8 Å². The normalized spacial score (nSPS) is 14.8. The zero-order chi connectivity index (χ0) is 14.8. The van der Waals surface area contributed by atoms with E-state index in [9.17, 15) is 18.0 Å². The number of hydrogen-bond donors (Lipinski definition) is 2. The van der Waals surface area contributed by atoms with E-state index < -0.39 is 18.6 Å². The van der Waals surface area contributed by atoms with Crippen molar-refractivity contribution in [1.82, 2.24) is 4.98 Å². The van der Waals surface area contributed by atoms with Gasteiger partial charge >= 0.3 is 12.1 Å². The summed E-state index contributed by atoms with van der Waals surface area (Å²) >= 11 is 0. The number of nitrogens with one attached hydrogen (secondary N) is 1. The molecular weight excluding hydrogens is 273 g/mol. The number of rotatable bonds is 4. The Labute approximate surface area is 114 Å². The average molecular weight is 288 g/mol. The molecule has 1 aliphatic carbocycles. The van der Waals surface area contributed by atoms with Gasteiger partial charge in [0.1, 0.15) is 11.4 Å². The first-order valence-electron chi connectivity index (χ1n) is 6.43. The number of hydrogen-bond acceptors (Lipinski definition) is 3. The standard InChI is InChI=1S/C13H15F3N2O2/c14-13(15,16)5-6-17-11-9(12(19)20)7-8-3-1-2-4-10(8)18-11/h7H,1-6H2,(H,17,18)(H,19,20). The molecule has 0 saturated carbocycles. The smallest absolute Gasteiger partial charge is 0.390 e. The van der Waals surface area contributed by atoms with Gasteiger partial charge in [-0.05, 0) is 37.3 Å². The number of alkyl halides is 3. The van der Waals surface area contributed by atoms with Crippen LogP contribution in [0.3, 0.4) is 0 Å². The highest BCUT2D eigenvalue weighted by atomic mass is 19.4. The molecule has 0 aromatic carbocycles. The SMILES string of the molecule is O=C(O)c1cc2c(nc1NCCC(F)(F)F)CCCC2. The Balaban J connectivity index is 2.19. The van der Waals surface area contributed by atoms with Gasteiger partial charge in [0.25, 0.3) is 0 Å². The van der Waals surface area contributed by atoms with Gasteiger partial charge in [0.15, 0.2) is 0 Å². The molecule has 110 valence electrons. The van der Waals surface area contributed by atoms with Crippen LogP contribution in [0, 0.1) is 0 Å². The first-order valence-corrected chi connectivity index (χ1v) is 6.43. The van der Waals surface area contributed by atoms with Gasteiger partial charge in [-0.2, -0.15) is 13.2 Å². The third-order valence-corrected chi connectivity index (χ3v) is 3.23. The number of carbonyl (C=O) groups is 1. The number of carboxylic acids is 1. The van der Waals surface area contributed by atoms with Crippen molar-refractivity contribution in [1.29, 1.82) is 0 Å². The molecule has 0 spiro atoms. The summed E-state index contributed by atoms with van der Waals surface area (Å²) in [7, 11) is 0. The Morgan fingerprint density at radius 3 is 2.70 bits per heavy atom. The lowest BCUT2D eigenvalue weighted by Crippen LogP contribution is -2.18. The zero-order valence-electron chi connectivity index (χ0n) is 10.8. The molecule has 0 saturated heterocycles. The van der Waals surface area contributed by atoms with Crippen molar-refractivity contribution in [2.24, 2.45) is 0 Å². The van der Waals surface area contributed by atoms with Gasteiger partial charge in [0.05, 0.1) is 6.42 Å². The van der Waals surface area contributed by atoms with Crippen LogP contribution in [-0.4, -0.2) is 28.8 Å². The maximum atomic E-state index is 12.1. The summed E-state index contributed by atoms with van der Waals surface area (Å²) in [4.78, 5) is 15.4. The average Bonchev–Trinajstić information content (AvgIpc) is 2.36. The molecule has 4 nitrogen and oxygen atoms in total. The number of halogens is 3. The first-order chi connectivity index (χ1) is 9.37. The summed E-state index contributed by atoms with van der Waals surface area (Å²) in [5.41, 5.74) is 1.61. The van der Waals surface area contributed by atoms with Gasteiger partial charge < -0.3 is 10.4 Å². The van der Waals surface area contributed by atoms with Gasteiger partial charge in [-0.1, -0.05) is 0 Å². The fourth-order valence-corrected chi connectivity index (χ4v) is 2.25. The van der Waals surface area contributed by atoms with Crippen LogP contribution in [0.4, 0.5) is 19.0 Å². The van der Waals surface area contributed by atoms with Crippen LogP contribution in [0.25, 0.3) is 0 Å². The highest BCUT2D eigenvalue weighted by Crippen LogP contribution is 2.25. The number of anilines is 1. The zero-order valence-corrected chi connectivity index (χ0v) is 10.8. The minimum Gasteiger partial charge on any atom is -0.478 e. The molecule has 2 rings (SSSR count). The second-order valence-corrected chi connectivity index (χ2v) is 4.79. The van der Waals surface area contributed by atoms with Gasteiger partial charge in [0.2, 0.25) is 0 Å². The van der Waals surface area contributed by atoms with E-state index in [-0.39, 0.29) is 17.9 Å². The maximum absolute atomic E-state index is 12.1. The van der Waals surface area contributed by atoms with Gasteiger partial charge in [0, 0.05) is 12.2 Å². The second-order valence-electron chi connectivity index (χ2n) is 4.79. The summed E-state index contributed by atoms with van der Waals surface area (Å²) in [6.45, 7) is -0.379. The molecule has 0 unspecified atom stereocenters. The molecule has 2 N–H and O–H groups in total. The summed E-state index contributed by atoms with van der Waals surface area (Å²) in [5, 5.41) is 11.6. The van der Waals surface area contributed by atoms with Crippen molar-refractivity contribution < 1.29 is 23.1 Å². The predicted octanol–water partition coefficient (Wildman–Crippen LogP) is 3.02. The minimum absolute atomic E-state index is 0.0300. The number of carboxylic acid groups (broad SMARTS) is 1. The van der Waals surface area contributed by atoms with Gasteiger partial charge in [-0.15, -0.1) is 0 Å². The van der Waals surface area contributed by atoms with E-state index in [4.69, 9.17) is 5.11 Å². The molecule has 0 bridgehead atoms. The number of fused-ring (bicyclic) bond motifs is 1. The van der Waals surface area contributed by atoms with Crippen molar-refractivity contribution in [3.8, 4) is 0 Å². The number of aromatic carboxylic acids is 1. The van der Waals surface area contributed by atoms with E-state index in [2.05, 4.69) is 10.3 Å². The Bertz CT molecular complexity index is 515. The second kappa shape index (κ2) is 5.68. The Hall–Kier alpha value is -1.79. The Morgan fingerprint density at radius 2 is 2.05 bits per heavy atom.